The predicted octanol–water partition coefficient (Wildman–Crippen LogP) is 1.69. The van der Waals surface area contributed by atoms with Gasteiger partial charge in [-0.3, -0.25) is 0 Å². The number of aldehydes is 1. The lowest BCUT2D eigenvalue weighted by molar-refractivity contribution is -0.107. The summed E-state index contributed by atoms with van der Waals surface area (Å²) < 4.78 is 0. The largest absolute Gasteiger partial charge is 0.303 e. The van der Waals surface area contributed by atoms with Crippen molar-refractivity contribution in [3.8, 4) is 6.07 Å². The van der Waals surface area contributed by atoms with Crippen LogP contribution in [0.25, 0.3) is 0 Å². The minimum Gasteiger partial charge on any atom is -0.303 e. The van der Waals surface area contributed by atoms with E-state index < -0.39 is 0 Å². The average molecular weight is 159 g/mol. The van der Waals surface area contributed by atoms with Crippen molar-refractivity contribution >= 4 is 6.29 Å². The Morgan fingerprint density at radius 3 is 3.00 bits per heavy atom. The van der Waals surface area contributed by atoms with Crippen molar-refractivity contribution in [2.24, 2.45) is 0 Å². The molecule has 1 aromatic rings. The molecule has 0 atom stereocenters. The summed E-state index contributed by atoms with van der Waals surface area (Å²) in [5.41, 5.74) is 1.69. The second kappa shape index (κ2) is 4.30. The molecule has 2 heteroatoms. The number of carbonyl (C=O) groups excluding carboxylic acids is 1. The van der Waals surface area contributed by atoms with Crippen molar-refractivity contribution in [3.63, 3.8) is 0 Å². The van der Waals surface area contributed by atoms with Crippen LogP contribution in [0.1, 0.15) is 17.5 Å². The van der Waals surface area contributed by atoms with Gasteiger partial charge in [0.2, 0.25) is 0 Å². The summed E-state index contributed by atoms with van der Waals surface area (Å²) in [6, 6.07) is 9.37. The van der Waals surface area contributed by atoms with E-state index in [1.54, 1.807) is 6.07 Å². The molecule has 0 aliphatic rings. The van der Waals surface area contributed by atoms with E-state index in [4.69, 9.17) is 5.26 Å². The molecule has 0 aromatic heterocycles. The minimum absolute atomic E-state index is 0.523. The Balaban J connectivity index is 2.74. The van der Waals surface area contributed by atoms with Gasteiger partial charge < -0.3 is 4.79 Å². The molecule has 0 fully saturated rings. The maximum absolute atomic E-state index is 10.1. The fourth-order valence-electron chi connectivity index (χ4n) is 1.02. The van der Waals surface area contributed by atoms with Gasteiger partial charge in [0, 0.05) is 6.42 Å². The third-order valence-corrected chi connectivity index (χ3v) is 1.61. The van der Waals surface area contributed by atoms with Crippen LogP contribution in [0.5, 0.6) is 0 Å². The van der Waals surface area contributed by atoms with Crippen LogP contribution in [0, 0.1) is 11.3 Å². The Morgan fingerprint density at radius 2 is 2.33 bits per heavy atom. The number of hydrogen-bond acceptors (Lipinski definition) is 2. The van der Waals surface area contributed by atoms with Gasteiger partial charge in [0.15, 0.2) is 0 Å². The lowest BCUT2D eigenvalue weighted by Crippen LogP contribution is -1.86. The molecule has 0 aliphatic heterocycles. The highest BCUT2D eigenvalue weighted by atomic mass is 16.1. The second-order valence-corrected chi connectivity index (χ2v) is 2.52. The monoisotopic (exact) mass is 159 g/mol. The normalized spacial score (nSPS) is 8.92. The Kier molecular flexibility index (Phi) is 3.04. The predicted molar refractivity (Wildman–Crippen MR) is 45.5 cm³/mol. The van der Waals surface area contributed by atoms with E-state index in [1.807, 2.05) is 18.2 Å². The summed E-state index contributed by atoms with van der Waals surface area (Å²) in [4.78, 5) is 10.1. The summed E-state index contributed by atoms with van der Waals surface area (Å²) in [6.07, 6.45) is 2.13. The van der Waals surface area contributed by atoms with Crippen LogP contribution in [-0.2, 0) is 11.2 Å². The third-order valence-electron chi connectivity index (χ3n) is 1.61. The number of nitriles is 1. The molecule has 0 aliphatic carbocycles. The lowest BCUT2D eigenvalue weighted by Gasteiger charge is -1.96. The minimum atomic E-state index is 0.523. The maximum atomic E-state index is 10.1. The van der Waals surface area contributed by atoms with Gasteiger partial charge in [-0.1, -0.05) is 12.1 Å². The summed E-state index contributed by atoms with van der Waals surface area (Å²) in [5.74, 6) is 0. The van der Waals surface area contributed by atoms with Gasteiger partial charge in [0.1, 0.15) is 6.29 Å². The zero-order valence-corrected chi connectivity index (χ0v) is 6.66. The summed E-state index contributed by atoms with van der Waals surface area (Å²) in [7, 11) is 0. The van der Waals surface area contributed by atoms with Crippen LogP contribution < -0.4 is 0 Å². The maximum Gasteiger partial charge on any atom is 0.120 e. The van der Waals surface area contributed by atoms with Gasteiger partial charge in [-0.25, -0.2) is 0 Å². The van der Waals surface area contributed by atoms with Crippen molar-refractivity contribution in [1.29, 1.82) is 5.26 Å². The van der Waals surface area contributed by atoms with E-state index in [-0.39, 0.29) is 0 Å². The van der Waals surface area contributed by atoms with E-state index in [0.29, 0.717) is 12.0 Å². The molecule has 12 heavy (non-hydrogen) atoms. The van der Waals surface area contributed by atoms with Crippen LogP contribution >= 0.6 is 0 Å². The van der Waals surface area contributed by atoms with Crippen LogP contribution in [0.2, 0.25) is 0 Å². The van der Waals surface area contributed by atoms with Crippen LogP contribution in [0.3, 0.4) is 0 Å². The van der Waals surface area contributed by atoms with E-state index in [9.17, 15) is 4.79 Å². The van der Waals surface area contributed by atoms with Gasteiger partial charge in [-0.05, 0) is 24.1 Å². The van der Waals surface area contributed by atoms with Crippen molar-refractivity contribution in [2.75, 3.05) is 0 Å². The molecule has 2 nitrogen and oxygen atoms in total. The first-order valence-electron chi connectivity index (χ1n) is 3.79. The standard InChI is InChI=1S/C10H9NO/c11-8-10-4-1-3-9(7-10)5-2-6-12/h1,3-4,6-7H,2,5H2. The molecule has 0 amide bonds. The van der Waals surface area contributed by atoms with E-state index >= 15 is 0 Å². The van der Waals surface area contributed by atoms with Gasteiger partial charge >= 0.3 is 0 Å². The van der Waals surface area contributed by atoms with Crippen molar-refractivity contribution < 1.29 is 4.79 Å². The molecular weight excluding hydrogens is 150 g/mol. The first-order chi connectivity index (χ1) is 5.86. The van der Waals surface area contributed by atoms with Gasteiger partial charge in [0.05, 0.1) is 11.6 Å². The van der Waals surface area contributed by atoms with Gasteiger partial charge in [0.25, 0.3) is 0 Å². The molecule has 0 N–H and O–H groups in total. The number of hydrogen-bond donors (Lipinski definition) is 0. The van der Waals surface area contributed by atoms with Crippen LogP contribution in [0.15, 0.2) is 24.3 Å². The number of benzene rings is 1. The number of nitrogens with zero attached hydrogens (tertiary/aromatic N) is 1. The van der Waals surface area contributed by atoms with Crippen LogP contribution in [0.4, 0.5) is 0 Å². The van der Waals surface area contributed by atoms with Crippen molar-refractivity contribution in [1.82, 2.24) is 0 Å². The molecule has 0 radical (unpaired) electrons. The molecule has 0 saturated carbocycles. The van der Waals surface area contributed by atoms with Crippen molar-refractivity contribution in [3.05, 3.63) is 35.4 Å². The summed E-state index contributed by atoms with van der Waals surface area (Å²) >= 11 is 0. The Hall–Kier alpha value is -1.62. The van der Waals surface area contributed by atoms with E-state index in [0.717, 1.165) is 18.3 Å². The zero-order valence-electron chi connectivity index (χ0n) is 6.66. The molecule has 0 heterocycles. The molecular formula is C10H9NO. The quantitative estimate of drug-likeness (QED) is 0.629. The number of rotatable bonds is 3. The smallest absolute Gasteiger partial charge is 0.120 e. The SMILES string of the molecule is N#Cc1cccc(CCC=O)c1. The first kappa shape index (κ1) is 8.48. The van der Waals surface area contributed by atoms with Gasteiger partial charge in [-0.15, -0.1) is 0 Å². The molecule has 60 valence electrons. The molecule has 0 bridgehead atoms. The van der Waals surface area contributed by atoms with Crippen molar-refractivity contribution in [2.45, 2.75) is 12.8 Å². The third kappa shape index (κ3) is 2.21. The molecule has 1 aromatic carbocycles. The Morgan fingerprint density at radius 1 is 1.50 bits per heavy atom. The lowest BCUT2D eigenvalue weighted by atomic mass is 10.1. The number of carbonyl (C=O) groups is 1. The van der Waals surface area contributed by atoms with Crippen LogP contribution in [-0.4, -0.2) is 6.29 Å². The average Bonchev–Trinajstić information content (AvgIpc) is 2.15. The molecule has 0 spiro atoms. The Labute approximate surface area is 71.4 Å². The summed E-state index contributed by atoms with van der Waals surface area (Å²) in [5, 5.41) is 8.57. The fraction of sp³-hybridized carbons (Fsp3) is 0.200. The first-order valence-corrected chi connectivity index (χ1v) is 3.79. The van der Waals surface area contributed by atoms with E-state index in [1.165, 1.54) is 0 Å². The zero-order chi connectivity index (χ0) is 8.81. The Bertz CT molecular complexity index is 312. The number of aryl methyl sites for hydroxylation is 1. The fourth-order valence-corrected chi connectivity index (χ4v) is 1.02. The highest BCUT2D eigenvalue weighted by molar-refractivity contribution is 5.50. The molecule has 0 saturated heterocycles. The summed E-state index contributed by atoms with van der Waals surface area (Å²) in [6.45, 7) is 0. The molecule has 0 unspecified atom stereocenters. The molecule has 1 rings (SSSR count). The highest BCUT2D eigenvalue weighted by Gasteiger charge is 1.93. The van der Waals surface area contributed by atoms with E-state index in [2.05, 4.69) is 6.07 Å². The topological polar surface area (TPSA) is 40.9 Å². The highest BCUT2D eigenvalue weighted by Crippen LogP contribution is 2.05. The van der Waals surface area contributed by atoms with Gasteiger partial charge in [-0.2, -0.15) is 5.26 Å². The second-order valence-electron chi connectivity index (χ2n) is 2.52.